The molecule has 0 radical (unpaired) electrons. The van der Waals surface area contributed by atoms with Gasteiger partial charge in [0.2, 0.25) is 0 Å². The summed E-state index contributed by atoms with van der Waals surface area (Å²) in [5.74, 6) is 0.393. The summed E-state index contributed by atoms with van der Waals surface area (Å²) in [6.45, 7) is 6.85. The molecule has 0 fully saturated rings. The van der Waals surface area contributed by atoms with Crippen LogP contribution in [0.1, 0.15) is 36.7 Å². The van der Waals surface area contributed by atoms with E-state index in [1.54, 1.807) is 32.9 Å². The Bertz CT molecular complexity index is 553. The highest BCUT2D eigenvalue weighted by Crippen LogP contribution is 2.22. The number of hydrogen-bond donors (Lipinski definition) is 0. The molecule has 0 atom stereocenters. The van der Waals surface area contributed by atoms with Gasteiger partial charge in [-0.2, -0.15) is 0 Å². The maximum atomic E-state index is 11.9. The lowest BCUT2D eigenvalue weighted by molar-refractivity contribution is 0.111. The minimum atomic E-state index is -3.21. The summed E-state index contributed by atoms with van der Waals surface area (Å²) < 4.78 is 28.5. The van der Waals surface area contributed by atoms with Gasteiger partial charge in [0.15, 0.2) is 16.1 Å². The van der Waals surface area contributed by atoms with Gasteiger partial charge in [0.25, 0.3) is 0 Å². The predicted molar refractivity (Wildman–Crippen MR) is 75.6 cm³/mol. The van der Waals surface area contributed by atoms with Crippen molar-refractivity contribution in [3.8, 4) is 5.75 Å². The van der Waals surface area contributed by atoms with Crippen molar-refractivity contribution in [2.75, 3.05) is 12.4 Å². The number of aryl methyl sites for hydroxylation is 1. The Labute approximate surface area is 114 Å². The fourth-order valence-corrected chi connectivity index (χ4v) is 2.44. The first-order chi connectivity index (χ1) is 8.69. The standard InChI is InChI=1S/C14H20O4S/c1-11-6-5-7-12(10-15)13(11)18-8-9-19(16,17)14(2,3)4/h5-7,10H,8-9H2,1-4H3. The largest absolute Gasteiger partial charge is 0.492 e. The smallest absolute Gasteiger partial charge is 0.158 e. The van der Waals surface area contributed by atoms with E-state index in [9.17, 15) is 13.2 Å². The number of benzene rings is 1. The Morgan fingerprint density at radius 3 is 2.42 bits per heavy atom. The number of ether oxygens (including phenoxy) is 1. The van der Waals surface area contributed by atoms with E-state index in [1.165, 1.54) is 0 Å². The van der Waals surface area contributed by atoms with Gasteiger partial charge < -0.3 is 4.74 Å². The van der Waals surface area contributed by atoms with Crippen LogP contribution in [-0.4, -0.2) is 31.8 Å². The van der Waals surface area contributed by atoms with E-state index < -0.39 is 14.6 Å². The Morgan fingerprint density at radius 1 is 1.26 bits per heavy atom. The minimum absolute atomic E-state index is 0.0469. The van der Waals surface area contributed by atoms with E-state index in [0.29, 0.717) is 17.6 Å². The molecule has 0 spiro atoms. The summed E-state index contributed by atoms with van der Waals surface area (Å²) in [4.78, 5) is 10.9. The monoisotopic (exact) mass is 284 g/mol. The molecule has 106 valence electrons. The van der Waals surface area contributed by atoms with Crippen LogP contribution < -0.4 is 4.74 Å². The molecule has 0 saturated heterocycles. The first-order valence-electron chi connectivity index (χ1n) is 6.09. The molecule has 0 aliphatic carbocycles. The summed E-state index contributed by atoms with van der Waals surface area (Å²) >= 11 is 0. The number of hydrogen-bond acceptors (Lipinski definition) is 4. The zero-order valence-corrected chi connectivity index (χ0v) is 12.6. The number of aldehydes is 1. The number of carbonyl (C=O) groups excluding carboxylic acids is 1. The molecular weight excluding hydrogens is 264 g/mol. The van der Waals surface area contributed by atoms with Crippen molar-refractivity contribution in [2.24, 2.45) is 0 Å². The molecule has 0 amide bonds. The first kappa shape index (κ1) is 15.7. The van der Waals surface area contributed by atoms with Crippen molar-refractivity contribution in [1.82, 2.24) is 0 Å². The van der Waals surface area contributed by atoms with E-state index in [4.69, 9.17) is 4.74 Å². The molecule has 1 rings (SSSR count). The third-order valence-corrected chi connectivity index (χ3v) is 5.47. The summed E-state index contributed by atoms with van der Waals surface area (Å²) in [7, 11) is -3.21. The van der Waals surface area contributed by atoms with Gasteiger partial charge in [-0.25, -0.2) is 8.42 Å². The van der Waals surface area contributed by atoms with E-state index in [1.807, 2.05) is 13.0 Å². The molecule has 4 nitrogen and oxygen atoms in total. The molecule has 5 heteroatoms. The lowest BCUT2D eigenvalue weighted by Gasteiger charge is -2.19. The van der Waals surface area contributed by atoms with Crippen LogP contribution in [-0.2, 0) is 9.84 Å². The van der Waals surface area contributed by atoms with Crippen LogP contribution in [0, 0.1) is 6.92 Å². The Balaban J connectivity index is 2.77. The van der Waals surface area contributed by atoms with Crippen molar-refractivity contribution in [2.45, 2.75) is 32.4 Å². The van der Waals surface area contributed by atoms with Crippen LogP contribution in [0.4, 0.5) is 0 Å². The van der Waals surface area contributed by atoms with Gasteiger partial charge >= 0.3 is 0 Å². The molecule has 1 aromatic rings. The quantitative estimate of drug-likeness (QED) is 0.779. The molecule has 0 heterocycles. The second-order valence-corrected chi connectivity index (χ2v) is 8.25. The number of sulfone groups is 1. The summed E-state index contributed by atoms with van der Waals surface area (Å²) in [6, 6.07) is 5.23. The van der Waals surface area contributed by atoms with Gasteiger partial charge in [-0.3, -0.25) is 4.79 Å². The normalized spacial score (nSPS) is 12.2. The van der Waals surface area contributed by atoms with Crippen LogP contribution in [0.5, 0.6) is 5.75 Å². The molecule has 19 heavy (non-hydrogen) atoms. The second-order valence-electron chi connectivity index (χ2n) is 5.39. The van der Waals surface area contributed by atoms with Gasteiger partial charge in [-0.1, -0.05) is 12.1 Å². The second kappa shape index (κ2) is 5.74. The molecule has 0 bridgehead atoms. The molecule has 0 aromatic heterocycles. The molecule has 0 aliphatic heterocycles. The van der Waals surface area contributed by atoms with Crippen molar-refractivity contribution in [3.63, 3.8) is 0 Å². The third kappa shape index (κ3) is 3.80. The van der Waals surface area contributed by atoms with Crippen LogP contribution in [0.2, 0.25) is 0 Å². The highest BCUT2D eigenvalue weighted by Gasteiger charge is 2.28. The molecular formula is C14H20O4S. The Hall–Kier alpha value is -1.36. The molecule has 0 unspecified atom stereocenters. The number of carbonyl (C=O) groups is 1. The van der Waals surface area contributed by atoms with Gasteiger partial charge in [-0.05, 0) is 39.3 Å². The number of para-hydroxylation sites is 1. The lowest BCUT2D eigenvalue weighted by Crippen LogP contribution is -2.32. The molecule has 0 saturated carbocycles. The van der Waals surface area contributed by atoms with Gasteiger partial charge in [0.1, 0.15) is 12.4 Å². The van der Waals surface area contributed by atoms with Gasteiger partial charge in [0, 0.05) is 0 Å². The number of rotatable bonds is 5. The zero-order chi connectivity index (χ0) is 14.7. The SMILES string of the molecule is Cc1cccc(C=O)c1OCCS(=O)(=O)C(C)(C)C. The van der Waals surface area contributed by atoms with Gasteiger partial charge in [0.05, 0.1) is 16.1 Å². The van der Waals surface area contributed by atoms with Crippen LogP contribution in [0.3, 0.4) is 0 Å². The topological polar surface area (TPSA) is 60.4 Å². The summed E-state index contributed by atoms with van der Waals surface area (Å²) in [6.07, 6.45) is 0.709. The Kier molecular flexibility index (Phi) is 4.74. The van der Waals surface area contributed by atoms with Crippen molar-refractivity contribution in [3.05, 3.63) is 29.3 Å². The predicted octanol–water partition coefficient (Wildman–Crippen LogP) is 2.40. The maximum Gasteiger partial charge on any atom is 0.158 e. The van der Waals surface area contributed by atoms with Crippen LogP contribution in [0.15, 0.2) is 18.2 Å². The fraction of sp³-hybridized carbons (Fsp3) is 0.500. The van der Waals surface area contributed by atoms with Gasteiger partial charge in [-0.15, -0.1) is 0 Å². The van der Waals surface area contributed by atoms with E-state index >= 15 is 0 Å². The molecule has 0 aliphatic rings. The minimum Gasteiger partial charge on any atom is -0.492 e. The third-order valence-electron chi connectivity index (χ3n) is 2.90. The zero-order valence-electron chi connectivity index (χ0n) is 11.8. The maximum absolute atomic E-state index is 11.9. The van der Waals surface area contributed by atoms with E-state index in [-0.39, 0.29) is 12.4 Å². The average molecular weight is 284 g/mol. The van der Waals surface area contributed by atoms with E-state index in [2.05, 4.69) is 0 Å². The van der Waals surface area contributed by atoms with Crippen molar-refractivity contribution in [1.29, 1.82) is 0 Å². The highest BCUT2D eigenvalue weighted by molar-refractivity contribution is 7.92. The summed E-state index contributed by atoms with van der Waals surface area (Å²) in [5.41, 5.74) is 1.26. The fourth-order valence-electron chi connectivity index (χ4n) is 1.52. The first-order valence-corrected chi connectivity index (χ1v) is 7.74. The molecule has 1 aromatic carbocycles. The van der Waals surface area contributed by atoms with Crippen molar-refractivity contribution < 1.29 is 17.9 Å². The van der Waals surface area contributed by atoms with Crippen LogP contribution >= 0.6 is 0 Å². The van der Waals surface area contributed by atoms with E-state index in [0.717, 1.165) is 5.56 Å². The highest BCUT2D eigenvalue weighted by atomic mass is 32.2. The van der Waals surface area contributed by atoms with Crippen LogP contribution in [0.25, 0.3) is 0 Å². The lowest BCUT2D eigenvalue weighted by atomic mass is 10.1. The average Bonchev–Trinajstić information content (AvgIpc) is 2.29. The Morgan fingerprint density at radius 2 is 1.89 bits per heavy atom. The summed E-state index contributed by atoms with van der Waals surface area (Å²) in [5, 5.41) is 0. The molecule has 0 N–H and O–H groups in total. The van der Waals surface area contributed by atoms with Crippen molar-refractivity contribution >= 4 is 16.1 Å².